The van der Waals surface area contributed by atoms with Gasteiger partial charge in [0.25, 0.3) is 5.91 Å². The summed E-state index contributed by atoms with van der Waals surface area (Å²) < 4.78 is 1.60. The number of hydrogen-bond donors (Lipinski definition) is 3. The molecule has 9 nitrogen and oxygen atoms in total. The van der Waals surface area contributed by atoms with Gasteiger partial charge in [0, 0.05) is 30.9 Å². The summed E-state index contributed by atoms with van der Waals surface area (Å²) in [5, 5.41) is 21.0. The van der Waals surface area contributed by atoms with E-state index >= 15 is 0 Å². The molecule has 0 atom stereocenters. The molecule has 1 fully saturated rings. The van der Waals surface area contributed by atoms with Crippen LogP contribution in [-0.4, -0.2) is 49.7 Å². The molecule has 3 N–H and O–H groups in total. The fraction of sp³-hybridized carbons (Fsp3) is 0.364. The molecular weight excluding hydrogens is 428 g/mol. The number of aromatic hydroxyl groups is 1. The number of amides is 2. The molecule has 0 aliphatic carbocycles. The Bertz CT molecular complexity index is 1160. The maximum Gasteiger partial charge on any atom is 0.267 e. The van der Waals surface area contributed by atoms with Gasteiger partial charge in [-0.3, -0.25) is 14.3 Å². The average Bonchev–Trinajstić information content (AvgIpc) is 3.52. The summed E-state index contributed by atoms with van der Waals surface area (Å²) in [5.74, 6) is 0.497. The number of carbonyl (C=O) groups excluding carboxylic acids is 2. The predicted octanol–water partition coefficient (Wildman–Crippen LogP) is 3.59. The SMILES string of the molecule is Cc1cc(C)c(NC(=O)c2cnc(Nc3ccn(CC(=O)N4CCCC4)n3)s2)c(C)c1O. The van der Waals surface area contributed by atoms with Crippen LogP contribution in [0.4, 0.5) is 16.6 Å². The molecule has 1 aromatic carbocycles. The molecule has 1 saturated heterocycles. The number of nitrogens with one attached hydrogen (secondary N) is 2. The first-order valence-corrected chi connectivity index (χ1v) is 11.3. The van der Waals surface area contributed by atoms with E-state index in [0.29, 0.717) is 27.1 Å². The minimum atomic E-state index is -0.299. The molecule has 3 aromatic rings. The summed E-state index contributed by atoms with van der Waals surface area (Å²) in [6.07, 6.45) is 5.35. The molecule has 1 aliphatic heterocycles. The van der Waals surface area contributed by atoms with Crippen LogP contribution >= 0.6 is 11.3 Å². The van der Waals surface area contributed by atoms with Crippen molar-refractivity contribution in [3.63, 3.8) is 0 Å². The van der Waals surface area contributed by atoms with Gasteiger partial charge in [-0.05, 0) is 44.7 Å². The number of hydrogen-bond acceptors (Lipinski definition) is 7. The number of benzene rings is 1. The van der Waals surface area contributed by atoms with Gasteiger partial charge < -0.3 is 20.6 Å². The molecule has 0 spiro atoms. The number of phenols is 1. The number of rotatable bonds is 6. The molecule has 32 heavy (non-hydrogen) atoms. The lowest BCUT2D eigenvalue weighted by molar-refractivity contribution is -0.130. The number of carbonyl (C=O) groups is 2. The van der Waals surface area contributed by atoms with Crippen LogP contribution in [0.1, 0.15) is 39.2 Å². The third-order valence-electron chi connectivity index (χ3n) is 5.53. The number of nitrogens with zero attached hydrogens (tertiary/aromatic N) is 4. The van der Waals surface area contributed by atoms with Gasteiger partial charge in [-0.2, -0.15) is 5.10 Å². The van der Waals surface area contributed by atoms with E-state index in [1.165, 1.54) is 17.5 Å². The molecule has 2 amide bonds. The maximum atomic E-state index is 12.7. The fourth-order valence-electron chi connectivity index (χ4n) is 3.81. The zero-order valence-electron chi connectivity index (χ0n) is 18.3. The van der Waals surface area contributed by atoms with Gasteiger partial charge in [0.2, 0.25) is 5.91 Å². The summed E-state index contributed by atoms with van der Waals surface area (Å²) in [6, 6.07) is 3.60. The largest absolute Gasteiger partial charge is 0.507 e. The molecule has 0 unspecified atom stereocenters. The van der Waals surface area contributed by atoms with E-state index in [4.69, 9.17) is 0 Å². The topological polar surface area (TPSA) is 112 Å². The molecule has 0 saturated carbocycles. The molecule has 0 radical (unpaired) electrons. The Morgan fingerprint density at radius 1 is 1.19 bits per heavy atom. The molecular formula is C22H26N6O3S. The van der Waals surface area contributed by atoms with Crippen molar-refractivity contribution >= 4 is 39.8 Å². The van der Waals surface area contributed by atoms with E-state index in [1.54, 1.807) is 23.9 Å². The van der Waals surface area contributed by atoms with Crippen LogP contribution in [-0.2, 0) is 11.3 Å². The number of likely N-dealkylation sites (tertiary alicyclic amines) is 1. The Morgan fingerprint density at radius 3 is 2.69 bits per heavy atom. The maximum absolute atomic E-state index is 12.7. The number of anilines is 3. The molecule has 10 heteroatoms. The highest BCUT2D eigenvalue weighted by atomic mass is 32.1. The first-order chi connectivity index (χ1) is 15.3. The first kappa shape index (κ1) is 21.8. The highest BCUT2D eigenvalue weighted by Crippen LogP contribution is 2.32. The average molecular weight is 455 g/mol. The lowest BCUT2D eigenvalue weighted by Gasteiger charge is -2.14. The quantitative estimate of drug-likeness (QED) is 0.525. The molecule has 4 rings (SSSR count). The fourth-order valence-corrected chi connectivity index (χ4v) is 4.53. The highest BCUT2D eigenvalue weighted by Gasteiger charge is 2.19. The number of aryl methyl sites for hydroxylation is 2. The Labute approximate surface area is 190 Å². The lowest BCUT2D eigenvalue weighted by atomic mass is 10.0. The van der Waals surface area contributed by atoms with Crippen molar-refractivity contribution in [2.45, 2.75) is 40.2 Å². The van der Waals surface area contributed by atoms with Crippen molar-refractivity contribution < 1.29 is 14.7 Å². The zero-order chi connectivity index (χ0) is 22.8. The molecule has 1 aliphatic rings. The summed E-state index contributed by atoms with van der Waals surface area (Å²) in [4.78, 5) is 31.5. The Morgan fingerprint density at radius 2 is 1.94 bits per heavy atom. The van der Waals surface area contributed by atoms with Gasteiger partial charge in [-0.15, -0.1) is 0 Å². The number of aromatic nitrogens is 3. The number of thiazole rings is 1. The van der Waals surface area contributed by atoms with Crippen molar-refractivity contribution in [2.75, 3.05) is 23.7 Å². The summed E-state index contributed by atoms with van der Waals surface area (Å²) in [5.41, 5.74) is 2.88. The van der Waals surface area contributed by atoms with Crippen molar-refractivity contribution in [2.24, 2.45) is 0 Å². The molecule has 2 aromatic heterocycles. The second-order valence-corrected chi connectivity index (χ2v) is 8.98. The molecule has 0 bridgehead atoms. The second-order valence-electron chi connectivity index (χ2n) is 7.95. The van der Waals surface area contributed by atoms with Crippen LogP contribution < -0.4 is 10.6 Å². The van der Waals surface area contributed by atoms with Crippen LogP contribution in [0.3, 0.4) is 0 Å². The third kappa shape index (κ3) is 4.59. The summed E-state index contributed by atoms with van der Waals surface area (Å²) >= 11 is 1.20. The van der Waals surface area contributed by atoms with E-state index < -0.39 is 0 Å². The van der Waals surface area contributed by atoms with Crippen LogP contribution in [0.2, 0.25) is 0 Å². The van der Waals surface area contributed by atoms with Gasteiger partial charge in [-0.1, -0.05) is 17.4 Å². The van der Waals surface area contributed by atoms with Gasteiger partial charge in [-0.25, -0.2) is 4.98 Å². The normalized spacial score (nSPS) is 13.4. The van der Waals surface area contributed by atoms with Crippen LogP contribution in [0.15, 0.2) is 24.5 Å². The van der Waals surface area contributed by atoms with Gasteiger partial charge in [0.15, 0.2) is 10.9 Å². The Kier molecular flexibility index (Phi) is 6.13. The van der Waals surface area contributed by atoms with Crippen LogP contribution in [0.25, 0.3) is 0 Å². The van der Waals surface area contributed by atoms with Crippen molar-refractivity contribution in [1.82, 2.24) is 19.7 Å². The van der Waals surface area contributed by atoms with E-state index in [0.717, 1.165) is 37.1 Å². The Hall–Kier alpha value is -3.40. The van der Waals surface area contributed by atoms with Crippen LogP contribution in [0.5, 0.6) is 5.75 Å². The van der Waals surface area contributed by atoms with Gasteiger partial charge in [0.05, 0.1) is 11.9 Å². The Balaban J connectivity index is 1.39. The third-order valence-corrected chi connectivity index (χ3v) is 6.44. The van der Waals surface area contributed by atoms with Crippen molar-refractivity contribution in [3.05, 3.63) is 46.1 Å². The van der Waals surface area contributed by atoms with Crippen molar-refractivity contribution in [3.8, 4) is 5.75 Å². The van der Waals surface area contributed by atoms with E-state index in [-0.39, 0.29) is 24.1 Å². The predicted molar refractivity (Wildman–Crippen MR) is 124 cm³/mol. The van der Waals surface area contributed by atoms with Gasteiger partial charge >= 0.3 is 0 Å². The number of phenolic OH excluding ortho intramolecular Hbond substituents is 1. The van der Waals surface area contributed by atoms with E-state index in [1.807, 2.05) is 24.8 Å². The zero-order valence-corrected chi connectivity index (χ0v) is 19.1. The second kappa shape index (κ2) is 8.99. The van der Waals surface area contributed by atoms with E-state index in [9.17, 15) is 14.7 Å². The monoisotopic (exact) mass is 454 g/mol. The molecule has 168 valence electrons. The first-order valence-electron chi connectivity index (χ1n) is 10.5. The smallest absolute Gasteiger partial charge is 0.267 e. The minimum Gasteiger partial charge on any atom is -0.507 e. The molecule has 3 heterocycles. The van der Waals surface area contributed by atoms with Gasteiger partial charge in [0.1, 0.15) is 17.2 Å². The van der Waals surface area contributed by atoms with Crippen LogP contribution in [0, 0.1) is 20.8 Å². The van der Waals surface area contributed by atoms with E-state index in [2.05, 4.69) is 20.7 Å². The minimum absolute atomic E-state index is 0.0677. The highest BCUT2D eigenvalue weighted by molar-refractivity contribution is 7.17. The summed E-state index contributed by atoms with van der Waals surface area (Å²) in [6.45, 7) is 7.32. The lowest BCUT2D eigenvalue weighted by Crippen LogP contribution is -2.31. The standard InChI is InChI=1S/C22H26N6O3S/c1-13-10-14(2)20(30)15(3)19(13)25-21(31)16-11-23-22(32-16)24-17-6-9-28(26-17)12-18(29)27-7-4-5-8-27/h6,9-11,30H,4-5,7-8,12H2,1-3H3,(H,25,31)(H,23,24,26). The summed E-state index contributed by atoms with van der Waals surface area (Å²) in [7, 11) is 0. The van der Waals surface area contributed by atoms with Crippen molar-refractivity contribution in [1.29, 1.82) is 0 Å².